The highest BCUT2D eigenvalue weighted by molar-refractivity contribution is 7.07. The minimum atomic E-state index is -0.725. The topological polar surface area (TPSA) is 92.9 Å². The highest BCUT2D eigenvalue weighted by Gasteiger charge is 2.33. The van der Waals surface area contributed by atoms with Gasteiger partial charge in [0.15, 0.2) is 4.80 Å². The van der Waals surface area contributed by atoms with Crippen molar-refractivity contribution in [2.75, 3.05) is 12.4 Å². The lowest BCUT2D eigenvalue weighted by Crippen LogP contribution is -2.40. The number of phenols is 1. The van der Waals surface area contributed by atoms with Gasteiger partial charge in [0.25, 0.3) is 11.5 Å². The summed E-state index contributed by atoms with van der Waals surface area (Å²) in [6.45, 7) is 16.1. The summed E-state index contributed by atoms with van der Waals surface area (Å²) < 4.78 is 7.73. The van der Waals surface area contributed by atoms with Crippen LogP contribution in [0, 0.1) is 6.92 Å². The van der Waals surface area contributed by atoms with Crippen molar-refractivity contribution < 1.29 is 14.6 Å². The van der Waals surface area contributed by atoms with Crippen LogP contribution in [0.1, 0.15) is 82.3 Å². The van der Waals surface area contributed by atoms with Crippen LogP contribution in [0.5, 0.6) is 11.5 Å². The molecular formula is C37H41N3O4S. The molecule has 1 aromatic heterocycles. The Morgan fingerprint density at radius 1 is 0.978 bits per heavy atom. The Kier molecular flexibility index (Phi) is 8.40. The molecule has 8 heteroatoms. The van der Waals surface area contributed by atoms with E-state index in [0.29, 0.717) is 32.0 Å². The third-order valence-corrected chi connectivity index (χ3v) is 9.07. The molecule has 3 aromatic carbocycles. The van der Waals surface area contributed by atoms with Crippen LogP contribution >= 0.6 is 11.3 Å². The van der Waals surface area contributed by atoms with Crippen molar-refractivity contribution in [3.05, 3.63) is 119 Å². The number of nitrogens with zero attached hydrogens (tertiary/aromatic N) is 2. The zero-order valence-electron chi connectivity index (χ0n) is 27.4. The summed E-state index contributed by atoms with van der Waals surface area (Å²) in [6.07, 6.45) is 1.86. The van der Waals surface area contributed by atoms with Crippen molar-refractivity contribution in [1.82, 2.24) is 4.57 Å². The first-order chi connectivity index (χ1) is 21.1. The quantitative estimate of drug-likeness (QED) is 0.266. The Labute approximate surface area is 268 Å². The molecule has 1 amide bonds. The normalized spacial score (nSPS) is 15.5. The van der Waals surface area contributed by atoms with Gasteiger partial charge in [0.05, 0.1) is 29.0 Å². The average Bonchev–Trinajstić information content (AvgIpc) is 3.26. The number of allylic oxidation sites excluding steroid dienone is 1. The molecule has 2 heterocycles. The number of methoxy groups -OCH3 is 1. The van der Waals surface area contributed by atoms with Crippen LogP contribution in [0.2, 0.25) is 0 Å². The lowest BCUT2D eigenvalue weighted by atomic mass is 9.78. The number of aromatic nitrogens is 1. The molecule has 0 saturated carbocycles. The van der Waals surface area contributed by atoms with E-state index >= 15 is 0 Å². The van der Waals surface area contributed by atoms with Gasteiger partial charge < -0.3 is 15.2 Å². The molecule has 0 bridgehead atoms. The van der Waals surface area contributed by atoms with Gasteiger partial charge in [-0.3, -0.25) is 14.2 Å². The van der Waals surface area contributed by atoms with Crippen LogP contribution in [0.15, 0.2) is 81.7 Å². The summed E-state index contributed by atoms with van der Waals surface area (Å²) in [6, 6.07) is 18.2. The summed E-state index contributed by atoms with van der Waals surface area (Å²) in [5.74, 6) is 0.622. The predicted octanol–water partition coefficient (Wildman–Crippen LogP) is 6.49. The molecular weight excluding hydrogens is 582 g/mol. The van der Waals surface area contributed by atoms with Gasteiger partial charge in [0, 0.05) is 16.8 Å². The van der Waals surface area contributed by atoms with Crippen LogP contribution in [0.4, 0.5) is 5.69 Å². The third kappa shape index (κ3) is 6.25. The minimum absolute atomic E-state index is 0.247. The third-order valence-electron chi connectivity index (χ3n) is 8.09. The number of ether oxygens (including phenoxy) is 1. The maximum absolute atomic E-state index is 14.3. The van der Waals surface area contributed by atoms with Gasteiger partial charge in [-0.05, 0) is 77.8 Å². The van der Waals surface area contributed by atoms with Crippen LogP contribution in [0.3, 0.4) is 0 Å². The molecule has 0 aliphatic carbocycles. The van der Waals surface area contributed by atoms with Crippen molar-refractivity contribution in [2.45, 2.75) is 72.3 Å². The fraction of sp³-hybridized carbons (Fsp3) is 0.324. The molecule has 1 aliphatic rings. The summed E-state index contributed by atoms with van der Waals surface area (Å²) in [7, 11) is 1.61. The van der Waals surface area contributed by atoms with Crippen LogP contribution < -0.4 is 24.9 Å². The molecule has 45 heavy (non-hydrogen) atoms. The van der Waals surface area contributed by atoms with Crippen LogP contribution in [-0.4, -0.2) is 22.7 Å². The van der Waals surface area contributed by atoms with Crippen LogP contribution in [-0.2, 0) is 15.6 Å². The van der Waals surface area contributed by atoms with Gasteiger partial charge in [0.2, 0.25) is 0 Å². The number of thiazole rings is 1. The summed E-state index contributed by atoms with van der Waals surface area (Å²) in [4.78, 5) is 33.5. The van der Waals surface area contributed by atoms with Crippen molar-refractivity contribution in [2.24, 2.45) is 4.99 Å². The van der Waals surface area contributed by atoms with E-state index in [0.717, 1.165) is 27.8 Å². The molecule has 4 aromatic rings. The number of carbonyl (C=O) groups excluding carboxylic acids is 1. The molecule has 0 unspecified atom stereocenters. The van der Waals surface area contributed by atoms with Crippen molar-refractivity contribution in [3.8, 4) is 11.5 Å². The van der Waals surface area contributed by atoms with E-state index in [9.17, 15) is 14.7 Å². The van der Waals surface area contributed by atoms with Gasteiger partial charge in [-0.2, -0.15) is 0 Å². The molecule has 0 spiro atoms. The second-order valence-corrected chi connectivity index (χ2v) is 14.6. The number of phenolic OH excluding ortho intramolecular Hbond substituents is 1. The van der Waals surface area contributed by atoms with Crippen molar-refractivity contribution in [3.63, 3.8) is 0 Å². The van der Waals surface area contributed by atoms with Gasteiger partial charge in [0.1, 0.15) is 11.5 Å². The van der Waals surface area contributed by atoms with Gasteiger partial charge in [-0.15, -0.1) is 0 Å². The number of nitrogens with one attached hydrogen (secondary N) is 1. The molecule has 234 valence electrons. The van der Waals surface area contributed by atoms with E-state index in [1.807, 2.05) is 73.7 Å². The largest absolute Gasteiger partial charge is 0.507 e. The molecule has 0 radical (unpaired) electrons. The molecule has 0 saturated heterocycles. The first-order valence-electron chi connectivity index (χ1n) is 15.0. The summed E-state index contributed by atoms with van der Waals surface area (Å²) >= 11 is 1.29. The van der Waals surface area contributed by atoms with E-state index < -0.39 is 6.04 Å². The Bertz CT molecular complexity index is 1970. The number of anilines is 1. The average molecular weight is 624 g/mol. The van der Waals surface area contributed by atoms with Crippen molar-refractivity contribution in [1.29, 1.82) is 0 Å². The molecule has 0 fully saturated rings. The second-order valence-electron chi connectivity index (χ2n) is 13.6. The number of benzene rings is 3. The van der Waals surface area contributed by atoms with E-state index in [1.165, 1.54) is 11.3 Å². The predicted molar refractivity (Wildman–Crippen MR) is 182 cm³/mol. The van der Waals surface area contributed by atoms with E-state index in [4.69, 9.17) is 9.73 Å². The number of aromatic hydroxyl groups is 1. The number of carbonyl (C=O) groups is 1. The SMILES string of the molecule is COc1cc([C@@H]2C(C(=O)Nc3ccccc3)=C(C)N=c3s/c(=C\c4cc(C(C)(C)C)c(O)c(C(C)(C)C)c4)c(=O)n32)ccc1C. The zero-order valence-corrected chi connectivity index (χ0v) is 28.2. The number of amides is 1. The Morgan fingerprint density at radius 3 is 2.18 bits per heavy atom. The monoisotopic (exact) mass is 623 g/mol. The Balaban J connectivity index is 1.74. The van der Waals surface area contributed by atoms with Crippen molar-refractivity contribution >= 4 is 29.0 Å². The number of aryl methyl sites for hydroxylation is 1. The summed E-state index contributed by atoms with van der Waals surface area (Å²) in [5.41, 5.74) is 4.83. The second kappa shape index (κ2) is 11.8. The number of para-hydroxylation sites is 1. The highest BCUT2D eigenvalue weighted by Crippen LogP contribution is 2.40. The van der Waals surface area contributed by atoms with Crippen LogP contribution in [0.25, 0.3) is 6.08 Å². The molecule has 1 atom stereocenters. The fourth-order valence-corrected chi connectivity index (χ4v) is 6.74. The maximum Gasteiger partial charge on any atom is 0.271 e. The van der Waals surface area contributed by atoms with E-state index in [2.05, 4.69) is 46.9 Å². The van der Waals surface area contributed by atoms with Gasteiger partial charge >= 0.3 is 0 Å². The number of fused-ring (bicyclic) bond motifs is 1. The van der Waals surface area contributed by atoms with E-state index in [-0.39, 0.29) is 28.0 Å². The lowest BCUT2D eigenvalue weighted by molar-refractivity contribution is -0.113. The zero-order chi connectivity index (χ0) is 32.8. The Hall–Kier alpha value is -4.43. The Morgan fingerprint density at radius 2 is 1.60 bits per heavy atom. The lowest BCUT2D eigenvalue weighted by Gasteiger charge is -2.27. The number of rotatable bonds is 5. The first kappa shape index (κ1) is 32.0. The smallest absolute Gasteiger partial charge is 0.271 e. The molecule has 7 nitrogen and oxygen atoms in total. The fourth-order valence-electron chi connectivity index (χ4n) is 5.69. The minimum Gasteiger partial charge on any atom is -0.507 e. The number of hydrogen-bond donors (Lipinski definition) is 2. The highest BCUT2D eigenvalue weighted by atomic mass is 32.1. The van der Waals surface area contributed by atoms with Gasteiger partial charge in [-0.1, -0.05) is 83.2 Å². The maximum atomic E-state index is 14.3. The number of hydrogen-bond acceptors (Lipinski definition) is 6. The van der Waals surface area contributed by atoms with Gasteiger partial charge in [-0.25, -0.2) is 4.99 Å². The molecule has 2 N–H and O–H groups in total. The first-order valence-corrected chi connectivity index (χ1v) is 15.8. The van der Waals surface area contributed by atoms with E-state index in [1.54, 1.807) is 18.6 Å². The molecule has 1 aliphatic heterocycles. The standard InChI is InChI=1S/C37H41N3O4S/c1-21-15-16-24(20-28(21)44-9)31-30(33(42)39-25-13-11-10-12-14-25)22(2)38-35-40(31)34(43)29(45-35)19-23-17-26(36(3,4)5)32(41)27(18-23)37(6,7)8/h10-20,31,41H,1-9H3,(H,39,42)/b29-19-/t31-/m1/s1. The molecule has 5 rings (SSSR count). The summed E-state index contributed by atoms with van der Waals surface area (Å²) in [5, 5.41) is 14.2.